The minimum absolute atomic E-state index is 0.0355. The van der Waals surface area contributed by atoms with E-state index in [0.29, 0.717) is 18.9 Å². The largest absolute Gasteiger partial charge is 0.375 e. The number of rotatable bonds is 5. The van der Waals surface area contributed by atoms with Gasteiger partial charge in [0.2, 0.25) is 0 Å². The predicted molar refractivity (Wildman–Crippen MR) is 51.8 cm³/mol. The highest BCUT2D eigenvalue weighted by molar-refractivity contribution is 5.90. The average Bonchev–Trinajstić information content (AvgIpc) is 2.54. The molecular weight excluding hydrogens is 184 g/mol. The molecule has 1 rings (SSSR count). The number of anilines is 1. The lowest BCUT2D eigenvalue weighted by Crippen LogP contribution is -2.21. The van der Waals surface area contributed by atoms with Crippen molar-refractivity contribution in [1.29, 1.82) is 0 Å². The minimum Gasteiger partial charge on any atom is -0.375 e. The van der Waals surface area contributed by atoms with Gasteiger partial charge >= 0.3 is 0 Å². The molecule has 0 saturated heterocycles. The molecule has 3 N–H and O–H groups in total. The first-order valence-electron chi connectivity index (χ1n) is 4.28. The van der Waals surface area contributed by atoms with Gasteiger partial charge in [-0.25, -0.2) is 4.68 Å². The first kappa shape index (κ1) is 10.7. The van der Waals surface area contributed by atoms with Gasteiger partial charge in [-0.1, -0.05) is 0 Å². The van der Waals surface area contributed by atoms with Crippen molar-refractivity contribution in [1.82, 2.24) is 9.78 Å². The number of hydrogen-bond donors (Lipinski definition) is 2. The highest BCUT2D eigenvalue weighted by Gasteiger charge is 2.05. The Hall–Kier alpha value is -1.40. The van der Waals surface area contributed by atoms with E-state index in [4.69, 9.17) is 5.73 Å². The zero-order valence-electron chi connectivity index (χ0n) is 8.06. The quantitative estimate of drug-likeness (QED) is 0.663. The van der Waals surface area contributed by atoms with E-state index in [1.54, 1.807) is 16.9 Å². The second kappa shape index (κ2) is 5.36. The Morgan fingerprint density at radius 1 is 1.79 bits per heavy atom. The topological polar surface area (TPSA) is 82.2 Å². The van der Waals surface area contributed by atoms with Crippen LogP contribution in [-0.4, -0.2) is 35.9 Å². The summed E-state index contributed by atoms with van der Waals surface area (Å²) >= 11 is 0. The summed E-state index contributed by atoms with van der Waals surface area (Å²) in [7, 11) is 1.47. The molecule has 0 aliphatic rings. The van der Waals surface area contributed by atoms with Gasteiger partial charge in [0.1, 0.15) is 12.4 Å². The standard InChI is InChI=1S/C8H14N4O2/c1-14-6-8(13)11-7-2-4-10-12(7)5-3-9/h2,4H,3,5-6,9H2,1H3,(H,11,13). The number of nitrogens with zero attached hydrogens (tertiary/aromatic N) is 2. The Morgan fingerprint density at radius 3 is 3.21 bits per heavy atom. The van der Waals surface area contributed by atoms with E-state index in [-0.39, 0.29) is 12.5 Å². The number of nitrogens with one attached hydrogen (secondary N) is 1. The third-order valence-electron chi connectivity index (χ3n) is 1.60. The van der Waals surface area contributed by atoms with Gasteiger partial charge in [0.05, 0.1) is 12.7 Å². The molecule has 1 aromatic heterocycles. The van der Waals surface area contributed by atoms with Gasteiger partial charge < -0.3 is 15.8 Å². The third-order valence-corrected chi connectivity index (χ3v) is 1.60. The fourth-order valence-corrected chi connectivity index (χ4v) is 1.05. The number of ether oxygens (including phenoxy) is 1. The van der Waals surface area contributed by atoms with E-state index < -0.39 is 0 Å². The maximum Gasteiger partial charge on any atom is 0.251 e. The van der Waals surface area contributed by atoms with Gasteiger partial charge in [-0.3, -0.25) is 4.79 Å². The minimum atomic E-state index is -0.203. The molecule has 14 heavy (non-hydrogen) atoms. The highest BCUT2D eigenvalue weighted by atomic mass is 16.5. The van der Waals surface area contributed by atoms with Crippen LogP contribution in [0.3, 0.4) is 0 Å². The Bertz CT molecular complexity index is 297. The van der Waals surface area contributed by atoms with Gasteiger partial charge in [-0.2, -0.15) is 5.10 Å². The summed E-state index contributed by atoms with van der Waals surface area (Å²) in [6.07, 6.45) is 1.61. The molecular formula is C8H14N4O2. The third kappa shape index (κ3) is 2.82. The Kier molecular flexibility index (Phi) is 4.09. The zero-order chi connectivity index (χ0) is 10.4. The van der Waals surface area contributed by atoms with Gasteiger partial charge in [0, 0.05) is 19.7 Å². The van der Waals surface area contributed by atoms with Crippen molar-refractivity contribution in [2.45, 2.75) is 6.54 Å². The smallest absolute Gasteiger partial charge is 0.251 e. The maximum atomic E-state index is 11.2. The van der Waals surface area contributed by atoms with Crippen LogP contribution in [-0.2, 0) is 16.1 Å². The number of nitrogens with two attached hydrogens (primary N) is 1. The number of aromatic nitrogens is 2. The van der Waals surface area contributed by atoms with Crippen LogP contribution in [0.25, 0.3) is 0 Å². The van der Waals surface area contributed by atoms with Crippen LogP contribution >= 0.6 is 0 Å². The van der Waals surface area contributed by atoms with E-state index >= 15 is 0 Å². The van der Waals surface area contributed by atoms with Crippen LogP contribution in [0, 0.1) is 0 Å². The molecule has 0 unspecified atom stereocenters. The second-order valence-corrected chi connectivity index (χ2v) is 2.71. The lowest BCUT2D eigenvalue weighted by Gasteiger charge is -2.06. The summed E-state index contributed by atoms with van der Waals surface area (Å²) in [5.74, 6) is 0.434. The van der Waals surface area contributed by atoms with Crippen LogP contribution in [0.5, 0.6) is 0 Å². The first-order valence-corrected chi connectivity index (χ1v) is 4.28. The maximum absolute atomic E-state index is 11.2. The molecule has 0 aromatic carbocycles. The van der Waals surface area contributed by atoms with Crippen LogP contribution < -0.4 is 11.1 Å². The number of amides is 1. The lowest BCUT2D eigenvalue weighted by molar-refractivity contribution is -0.119. The first-order chi connectivity index (χ1) is 6.77. The molecule has 0 atom stereocenters. The molecule has 0 aliphatic heterocycles. The van der Waals surface area contributed by atoms with Gasteiger partial charge in [-0.15, -0.1) is 0 Å². The van der Waals surface area contributed by atoms with Gasteiger partial charge in [-0.05, 0) is 0 Å². The normalized spacial score (nSPS) is 10.1. The monoisotopic (exact) mass is 198 g/mol. The summed E-state index contributed by atoms with van der Waals surface area (Å²) < 4.78 is 6.32. The average molecular weight is 198 g/mol. The molecule has 0 radical (unpaired) electrons. The Morgan fingerprint density at radius 2 is 2.57 bits per heavy atom. The molecule has 1 amide bonds. The molecule has 0 fully saturated rings. The summed E-state index contributed by atoms with van der Waals surface area (Å²) in [6.45, 7) is 1.10. The second-order valence-electron chi connectivity index (χ2n) is 2.71. The van der Waals surface area contributed by atoms with E-state index in [0.717, 1.165) is 0 Å². The SMILES string of the molecule is COCC(=O)Nc1ccnn1CCN. The van der Waals surface area contributed by atoms with Gasteiger partial charge in [0.25, 0.3) is 5.91 Å². The number of carbonyl (C=O) groups excluding carboxylic acids is 1. The molecule has 6 heteroatoms. The van der Waals surface area contributed by atoms with Crippen molar-refractivity contribution in [2.75, 3.05) is 25.6 Å². The summed E-state index contributed by atoms with van der Waals surface area (Å²) in [5.41, 5.74) is 5.38. The van der Waals surface area contributed by atoms with E-state index in [9.17, 15) is 4.79 Å². The van der Waals surface area contributed by atoms with Crippen LogP contribution in [0.2, 0.25) is 0 Å². The van der Waals surface area contributed by atoms with Crippen molar-refractivity contribution in [3.63, 3.8) is 0 Å². The van der Waals surface area contributed by atoms with E-state index in [2.05, 4.69) is 15.2 Å². The fraction of sp³-hybridized carbons (Fsp3) is 0.500. The Labute approximate surface area is 82.0 Å². The van der Waals surface area contributed by atoms with Gasteiger partial charge in [0.15, 0.2) is 0 Å². The molecule has 6 nitrogen and oxygen atoms in total. The highest BCUT2D eigenvalue weighted by Crippen LogP contribution is 2.04. The van der Waals surface area contributed by atoms with Crippen LogP contribution in [0.1, 0.15) is 0 Å². The lowest BCUT2D eigenvalue weighted by atomic mass is 10.5. The molecule has 1 heterocycles. The molecule has 0 spiro atoms. The van der Waals surface area contributed by atoms with Crippen LogP contribution in [0.15, 0.2) is 12.3 Å². The van der Waals surface area contributed by atoms with Crippen molar-refractivity contribution in [3.05, 3.63) is 12.3 Å². The van der Waals surface area contributed by atoms with Crippen molar-refractivity contribution in [2.24, 2.45) is 5.73 Å². The number of hydrogen-bond acceptors (Lipinski definition) is 4. The van der Waals surface area contributed by atoms with E-state index in [1.807, 2.05) is 0 Å². The number of carbonyl (C=O) groups is 1. The molecule has 0 bridgehead atoms. The van der Waals surface area contributed by atoms with Crippen molar-refractivity contribution in [3.8, 4) is 0 Å². The zero-order valence-corrected chi connectivity index (χ0v) is 8.06. The Balaban J connectivity index is 2.56. The summed E-state index contributed by atoms with van der Waals surface area (Å²) in [6, 6.07) is 1.71. The molecule has 1 aromatic rings. The van der Waals surface area contributed by atoms with E-state index in [1.165, 1.54) is 7.11 Å². The fourth-order valence-electron chi connectivity index (χ4n) is 1.05. The van der Waals surface area contributed by atoms with Crippen LogP contribution in [0.4, 0.5) is 5.82 Å². The summed E-state index contributed by atoms with van der Waals surface area (Å²) in [4.78, 5) is 11.2. The number of methoxy groups -OCH3 is 1. The molecule has 0 aliphatic carbocycles. The van der Waals surface area contributed by atoms with Crippen molar-refractivity contribution >= 4 is 11.7 Å². The van der Waals surface area contributed by atoms with Crippen molar-refractivity contribution < 1.29 is 9.53 Å². The predicted octanol–water partition coefficient (Wildman–Crippen LogP) is -0.573. The molecule has 0 saturated carbocycles. The molecule has 78 valence electrons. The summed E-state index contributed by atoms with van der Waals surface area (Å²) in [5, 5.41) is 6.66.